The Morgan fingerprint density at radius 1 is 1.20 bits per heavy atom. The van der Waals surface area contributed by atoms with Crippen LogP contribution < -0.4 is 5.32 Å². The molecule has 2 aromatic rings. The van der Waals surface area contributed by atoms with Crippen molar-refractivity contribution in [2.24, 2.45) is 0 Å². The topological polar surface area (TPSA) is 37.8 Å². The van der Waals surface area contributed by atoms with Crippen LogP contribution in [0.2, 0.25) is 0 Å². The molecule has 1 heterocycles. The summed E-state index contributed by atoms with van der Waals surface area (Å²) in [5, 5.41) is 3.15. The number of halogens is 2. The first-order valence-electron chi connectivity index (χ1n) is 6.72. The third-order valence-corrected chi connectivity index (χ3v) is 4.21. The average molecular weight is 336 g/mol. The molecule has 0 spiro atoms. The molecule has 0 bridgehead atoms. The summed E-state index contributed by atoms with van der Waals surface area (Å²) < 4.78 is 13.8. The van der Waals surface area contributed by atoms with Crippen molar-refractivity contribution in [3.8, 4) is 11.4 Å². The van der Waals surface area contributed by atoms with E-state index in [1.165, 1.54) is 24.5 Å². The largest absolute Gasteiger partial charge is 0.373 e. The molecule has 0 unspecified atom stereocenters. The van der Waals surface area contributed by atoms with Gasteiger partial charge in [0.15, 0.2) is 5.82 Å². The molecule has 1 N–H and O–H groups in total. The van der Waals surface area contributed by atoms with Crippen LogP contribution in [0.3, 0.4) is 0 Å². The molecule has 1 aliphatic carbocycles. The summed E-state index contributed by atoms with van der Waals surface area (Å²) in [4.78, 5) is 9.25. The third-order valence-electron chi connectivity index (χ3n) is 3.60. The lowest BCUT2D eigenvalue weighted by Crippen LogP contribution is -2.11. The van der Waals surface area contributed by atoms with Gasteiger partial charge in [-0.2, -0.15) is 0 Å². The van der Waals surface area contributed by atoms with Crippen LogP contribution in [0.1, 0.15) is 24.1 Å². The molecule has 3 nitrogen and oxygen atoms in total. The summed E-state index contributed by atoms with van der Waals surface area (Å²) in [6.45, 7) is 0. The number of anilines is 1. The predicted molar refractivity (Wildman–Crippen MR) is 81.3 cm³/mol. The lowest BCUT2D eigenvalue weighted by Gasteiger charge is -2.18. The third kappa shape index (κ3) is 2.42. The molecule has 0 radical (unpaired) electrons. The Kier molecular flexibility index (Phi) is 3.70. The number of benzene rings is 1. The van der Waals surface area contributed by atoms with Gasteiger partial charge in [-0.15, -0.1) is 0 Å². The maximum atomic E-state index is 13.3. The zero-order valence-corrected chi connectivity index (χ0v) is 12.8. The number of aryl methyl sites for hydroxylation is 1. The van der Waals surface area contributed by atoms with Crippen molar-refractivity contribution in [1.82, 2.24) is 9.97 Å². The van der Waals surface area contributed by atoms with Gasteiger partial charge >= 0.3 is 0 Å². The lowest BCUT2D eigenvalue weighted by atomic mass is 9.96. The minimum absolute atomic E-state index is 0.277. The van der Waals surface area contributed by atoms with Crippen LogP contribution in [0.4, 0.5) is 10.2 Å². The molecule has 104 valence electrons. The fraction of sp³-hybridized carbons (Fsp3) is 0.333. The first-order chi connectivity index (χ1) is 9.69. The molecule has 0 saturated carbocycles. The minimum Gasteiger partial charge on any atom is -0.373 e. The number of hydrogen-bond acceptors (Lipinski definition) is 3. The van der Waals surface area contributed by atoms with Crippen LogP contribution >= 0.6 is 15.9 Å². The smallest absolute Gasteiger partial charge is 0.161 e. The second-order valence-electron chi connectivity index (χ2n) is 4.91. The van der Waals surface area contributed by atoms with Crippen molar-refractivity contribution in [2.75, 3.05) is 12.4 Å². The van der Waals surface area contributed by atoms with Crippen molar-refractivity contribution in [1.29, 1.82) is 0 Å². The highest BCUT2D eigenvalue weighted by Crippen LogP contribution is 2.29. The normalized spacial score (nSPS) is 13.9. The zero-order chi connectivity index (χ0) is 14.1. The standard InChI is InChI=1S/C15H15BrFN3/c1-18-15-10-4-2-3-5-13(10)19-14(20-15)9-6-7-12(17)11(16)8-9/h6-8H,2-5H2,1H3,(H,18,19,20). The van der Waals surface area contributed by atoms with Gasteiger partial charge in [0.25, 0.3) is 0 Å². The first-order valence-corrected chi connectivity index (χ1v) is 7.51. The highest BCUT2D eigenvalue weighted by atomic mass is 79.9. The first kappa shape index (κ1) is 13.5. The average Bonchev–Trinajstić information content (AvgIpc) is 2.49. The minimum atomic E-state index is -0.277. The van der Waals surface area contributed by atoms with Crippen LogP contribution in [0.25, 0.3) is 11.4 Å². The number of nitrogens with zero attached hydrogens (tertiary/aromatic N) is 2. The maximum Gasteiger partial charge on any atom is 0.161 e. The second-order valence-corrected chi connectivity index (χ2v) is 5.76. The molecular formula is C15H15BrFN3. The van der Waals surface area contributed by atoms with E-state index in [1.807, 2.05) is 7.05 Å². The zero-order valence-electron chi connectivity index (χ0n) is 11.2. The molecular weight excluding hydrogens is 321 g/mol. The number of nitrogens with one attached hydrogen (secondary N) is 1. The number of rotatable bonds is 2. The molecule has 1 aliphatic rings. The molecule has 5 heteroatoms. The van der Waals surface area contributed by atoms with Crippen LogP contribution in [-0.4, -0.2) is 17.0 Å². The summed E-state index contributed by atoms with van der Waals surface area (Å²) in [7, 11) is 1.88. The van der Waals surface area contributed by atoms with Crippen molar-refractivity contribution < 1.29 is 4.39 Å². The van der Waals surface area contributed by atoms with E-state index in [0.717, 1.165) is 29.9 Å². The van der Waals surface area contributed by atoms with E-state index in [2.05, 4.69) is 31.2 Å². The molecule has 1 aromatic heterocycles. The summed E-state index contributed by atoms with van der Waals surface area (Å²) in [6, 6.07) is 4.87. The second kappa shape index (κ2) is 5.48. The Bertz CT molecular complexity index is 641. The summed E-state index contributed by atoms with van der Waals surface area (Å²) in [6.07, 6.45) is 4.37. The Morgan fingerprint density at radius 2 is 2.00 bits per heavy atom. The predicted octanol–water partition coefficient (Wildman–Crippen LogP) is 3.97. The number of hydrogen-bond donors (Lipinski definition) is 1. The van der Waals surface area contributed by atoms with Crippen molar-refractivity contribution in [3.05, 3.63) is 39.7 Å². The molecule has 20 heavy (non-hydrogen) atoms. The van der Waals surface area contributed by atoms with Gasteiger partial charge in [0.05, 0.1) is 4.47 Å². The highest BCUT2D eigenvalue weighted by Gasteiger charge is 2.18. The van der Waals surface area contributed by atoms with Gasteiger partial charge in [-0.3, -0.25) is 0 Å². The van der Waals surface area contributed by atoms with Gasteiger partial charge < -0.3 is 5.32 Å². The summed E-state index contributed by atoms with van der Waals surface area (Å²) in [5.74, 6) is 1.27. The van der Waals surface area contributed by atoms with E-state index in [0.29, 0.717) is 10.3 Å². The number of aromatic nitrogens is 2. The van der Waals surface area contributed by atoms with Gasteiger partial charge in [0.1, 0.15) is 11.6 Å². The van der Waals surface area contributed by atoms with Gasteiger partial charge in [0.2, 0.25) is 0 Å². The molecule has 0 fully saturated rings. The van der Waals surface area contributed by atoms with Crippen LogP contribution in [0, 0.1) is 5.82 Å². The molecule has 0 aliphatic heterocycles. The van der Waals surface area contributed by atoms with E-state index in [9.17, 15) is 4.39 Å². The summed E-state index contributed by atoms with van der Waals surface area (Å²) >= 11 is 3.21. The summed E-state index contributed by atoms with van der Waals surface area (Å²) in [5.41, 5.74) is 3.16. The SMILES string of the molecule is CNc1nc(-c2ccc(F)c(Br)c2)nc2c1CCCC2. The van der Waals surface area contributed by atoms with Crippen LogP contribution in [0.15, 0.2) is 22.7 Å². The van der Waals surface area contributed by atoms with Crippen molar-refractivity contribution in [2.45, 2.75) is 25.7 Å². The van der Waals surface area contributed by atoms with Gasteiger partial charge in [-0.1, -0.05) is 0 Å². The highest BCUT2D eigenvalue weighted by molar-refractivity contribution is 9.10. The Labute approximate surface area is 125 Å². The molecule has 0 atom stereocenters. The quantitative estimate of drug-likeness (QED) is 0.902. The monoisotopic (exact) mass is 335 g/mol. The lowest BCUT2D eigenvalue weighted by molar-refractivity contribution is 0.621. The van der Waals surface area contributed by atoms with Crippen LogP contribution in [-0.2, 0) is 12.8 Å². The Morgan fingerprint density at radius 3 is 2.75 bits per heavy atom. The van der Waals surface area contributed by atoms with Crippen LogP contribution in [0.5, 0.6) is 0 Å². The molecule has 0 saturated heterocycles. The number of fused-ring (bicyclic) bond motifs is 1. The fourth-order valence-electron chi connectivity index (χ4n) is 2.57. The van der Waals surface area contributed by atoms with E-state index < -0.39 is 0 Å². The molecule has 1 aromatic carbocycles. The van der Waals surface area contributed by atoms with E-state index in [1.54, 1.807) is 12.1 Å². The fourth-order valence-corrected chi connectivity index (χ4v) is 2.94. The van der Waals surface area contributed by atoms with Crippen molar-refractivity contribution >= 4 is 21.7 Å². The molecule has 3 rings (SSSR count). The Balaban J connectivity index is 2.11. The molecule has 0 amide bonds. The van der Waals surface area contributed by atoms with Gasteiger partial charge in [-0.25, -0.2) is 14.4 Å². The van der Waals surface area contributed by atoms with E-state index >= 15 is 0 Å². The van der Waals surface area contributed by atoms with E-state index in [4.69, 9.17) is 0 Å². The maximum absolute atomic E-state index is 13.3. The van der Waals surface area contributed by atoms with Crippen molar-refractivity contribution in [3.63, 3.8) is 0 Å². The Hall–Kier alpha value is -1.49. The van der Waals surface area contributed by atoms with E-state index in [-0.39, 0.29) is 5.82 Å². The van der Waals surface area contributed by atoms with Gasteiger partial charge in [-0.05, 0) is 59.8 Å². The van der Waals surface area contributed by atoms with Gasteiger partial charge in [0, 0.05) is 23.9 Å².